The Kier molecular flexibility index (Phi) is 1.86. The average Bonchev–Trinajstić information content (AvgIpc) is 1.68. The number of rotatable bonds is 2. The maximum Gasteiger partial charge on any atom is 0.275 e. The molecule has 3 nitrogen and oxygen atoms in total. The van der Waals surface area contributed by atoms with E-state index in [1.165, 1.54) is 0 Å². The fraction of sp³-hybridized carbons (Fsp3) is 0.667. The lowest BCUT2D eigenvalue weighted by molar-refractivity contribution is -0.141. The highest BCUT2D eigenvalue weighted by Crippen LogP contribution is 1.95. The van der Waals surface area contributed by atoms with E-state index in [2.05, 4.69) is 5.73 Å². The van der Waals surface area contributed by atoms with Crippen molar-refractivity contribution in [3.63, 3.8) is 0 Å². The summed E-state index contributed by atoms with van der Waals surface area (Å²) in [6.45, 7) is -0.684. The minimum Gasteiger partial charge on any atom is -0.355 e. The van der Waals surface area contributed by atoms with Gasteiger partial charge in [0.1, 0.15) is 0 Å². The molecule has 0 fully saturated rings. The number of aliphatic hydroxyl groups is 1. The first-order chi connectivity index (χ1) is 3.12. The molecule has 0 heterocycles. The van der Waals surface area contributed by atoms with Crippen molar-refractivity contribution in [2.45, 2.75) is 5.85 Å². The van der Waals surface area contributed by atoms with E-state index in [1.807, 2.05) is 0 Å². The average molecular weight is 107 g/mol. The molecule has 42 valence electrons. The van der Waals surface area contributed by atoms with Gasteiger partial charge in [-0.1, -0.05) is 0 Å². The largest absolute Gasteiger partial charge is 0.355 e. The summed E-state index contributed by atoms with van der Waals surface area (Å²) < 4.78 is 11.6. The number of aldehydes is 1. The summed E-state index contributed by atoms with van der Waals surface area (Å²) in [5, 5.41) is 7.97. The van der Waals surface area contributed by atoms with Gasteiger partial charge in [-0.25, -0.2) is 4.39 Å². The molecular formula is C3H6FNO2. The van der Waals surface area contributed by atoms with Crippen LogP contribution in [0.25, 0.3) is 0 Å². The molecule has 0 aliphatic rings. The van der Waals surface area contributed by atoms with E-state index in [4.69, 9.17) is 5.11 Å². The first kappa shape index (κ1) is 6.52. The van der Waals surface area contributed by atoms with Gasteiger partial charge in [-0.3, -0.25) is 4.79 Å². The van der Waals surface area contributed by atoms with Crippen LogP contribution in [0.3, 0.4) is 0 Å². The molecule has 0 rings (SSSR count). The lowest BCUT2D eigenvalue weighted by Gasteiger charge is -2.04. The first-order valence-electron chi connectivity index (χ1n) is 1.70. The van der Waals surface area contributed by atoms with Gasteiger partial charge in [-0.05, 0) is 0 Å². The van der Waals surface area contributed by atoms with E-state index in [0.717, 1.165) is 0 Å². The summed E-state index contributed by atoms with van der Waals surface area (Å²) in [7, 11) is 0. The predicted molar refractivity (Wildman–Crippen MR) is 21.2 cm³/mol. The molecule has 1 atom stereocenters. The normalized spacial score (nSPS) is 18.1. The Balaban J connectivity index is 3.58. The Bertz CT molecular complexity index is 73.3. The zero-order valence-electron chi connectivity index (χ0n) is 3.60. The van der Waals surface area contributed by atoms with Crippen LogP contribution in [0.1, 0.15) is 0 Å². The number of alkyl halides is 1. The molecule has 0 aromatic carbocycles. The Labute approximate surface area is 39.9 Å². The van der Waals surface area contributed by atoms with Gasteiger partial charge in [0.2, 0.25) is 0 Å². The molecule has 4 heteroatoms. The Morgan fingerprint density at radius 1 is 2.00 bits per heavy atom. The molecule has 0 bridgehead atoms. The van der Waals surface area contributed by atoms with Crippen LogP contribution >= 0.6 is 0 Å². The number of carbonyl (C=O) groups is 1. The second-order valence-corrected chi connectivity index (χ2v) is 1.14. The highest BCUT2D eigenvalue weighted by atomic mass is 19.2. The van der Waals surface area contributed by atoms with Crippen molar-refractivity contribution in [3.8, 4) is 0 Å². The van der Waals surface area contributed by atoms with Crippen molar-refractivity contribution in [3.05, 3.63) is 0 Å². The van der Waals surface area contributed by atoms with Crippen LogP contribution in [-0.2, 0) is 4.79 Å². The zero-order valence-corrected chi connectivity index (χ0v) is 3.60. The lowest BCUT2D eigenvalue weighted by Crippen LogP contribution is -2.33. The maximum absolute atomic E-state index is 11.6. The van der Waals surface area contributed by atoms with Crippen LogP contribution < -0.4 is 5.73 Å². The van der Waals surface area contributed by atoms with Crippen molar-refractivity contribution in [1.82, 2.24) is 0 Å². The van der Waals surface area contributed by atoms with Crippen LogP contribution in [0.4, 0.5) is 4.39 Å². The molecule has 0 saturated heterocycles. The van der Waals surface area contributed by atoms with Gasteiger partial charge in [0.15, 0.2) is 6.29 Å². The first-order valence-corrected chi connectivity index (χ1v) is 1.70. The molecule has 0 radical (unpaired) electrons. The van der Waals surface area contributed by atoms with Crippen molar-refractivity contribution in [2.75, 3.05) is 6.54 Å². The van der Waals surface area contributed by atoms with Crippen molar-refractivity contribution in [1.29, 1.82) is 0 Å². The van der Waals surface area contributed by atoms with Gasteiger partial charge in [-0.2, -0.15) is 0 Å². The smallest absolute Gasteiger partial charge is 0.275 e. The fourth-order valence-corrected chi connectivity index (χ4v) is 0.0481. The monoisotopic (exact) mass is 107 g/mol. The Morgan fingerprint density at radius 3 is 2.43 bits per heavy atom. The molecule has 0 aromatic heterocycles. The third-order valence-corrected chi connectivity index (χ3v) is 0.467. The van der Waals surface area contributed by atoms with E-state index >= 15 is 0 Å². The molecule has 0 spiro atoms. The van der Waals surface area contributed by atoms with E-state index in [9.17, 15) is 9.18 Å². The predicted octanol–water partition coefficient (Wildman–Crippen LogP) is -1.20. The van der Waals surface area contributed by atoms with Gasteiger partial charge >= 0.3 is 0 Å². The summed E-state index contributed by atoms with van der Waals surface area (Å²) in [5.41, 5.74) is 4.56. The lowest BCUT2D eigenvalue weighted by atomic mass is 10.4. The number of halogens is 1. The second-order valence-electron chi connectivity index (χ2n) is 1.14. The van der Waals surface area contributed by atoms with Crippen LogP contribution in [0.15, 0.2) is 0 Å². The van der Waals surface area contributed by atoms with Gasteiger partial charge in [0.05, 0.1) is 6.54 Å². The maximum atomic E-state index is 11.6. The summed E-state index contributed by atoms with van der Waals surface area (Å²) in [4.78, 5) is 9.35. The minimum absolute atomic E-state index is 0.243. The number of hydrogen-bond acceptors (Lipinski definition) is 3. The topological polar surface area (TPSA) is 63.3 Å². The third-order valence-electron chi connectivity index (χ3n) is 0.467. The standard InChI is InChI=1S/C3H6FNO2/c4-3(7,1-5)2-6/h2,7H,1,5H2. The van der Waals surface area contributed by atoms with Gasteiger partial charge in [0.25, 0.3) is 5.85 Å². The van der Waals surface area contributed by atoms with Gasteiger partial charge in [0, 0.05) is 0 Å². The van der Waals surface area contributed by atoms with E-state index in [-0.39, 0.29) is 6.29 Å². The highest BCUT2D eigenvalue weighted by molar-refractivity contribution is 5.59. The molecule has 0 aromatic rings. The van der Waals surface area contributed by atoms with E-state index in [0.29, 0.717) is 0 Å². The van der Waals surface area contributed by atoms with Crippen LogP contribution in [0.2, 0.25) is 0 Å². The number of nitrogens with two attached hydrogens (primary N) is 1. The Morgan fingerprint density at radius 2 is 2.43 bits per heavy atom. The minimum atomic E-state index is -2.82. The SMILES string of the molecule is NCC(O)(F)C=O. The van der Waals surface area contributed by atoms with Crippen LogP contribution in [-0.4, -0.2) is 23.8 Å². The van der Waals surface area contributed by atoms with E-state index < -0.39 is 12.4 Å². The molecule has 1 unspecified atom stereocenters. The van der Waals surface area contributed by atoms with Crippen LogP contribution in [0.5, 0.6) is 0 Å². The molecule has 0 amide bonds. The van der Waals surface area contributed by atoms with Gasteiger partial charge < -0.3 is 10.8 Å². The van der Waals surface area contributed by atoms with E-state index in [1.54, 1.807) is 0 Å². The van der Waals surface area contributed by atoms with Crippen molar-refractivity contribution in [2.24, 2.45) is 5.73 Å². The molecule has 7 heavy (non-hydrogen) atoms. The summed E-state index contributed by atoms with van der Waals surface area (Å²) in [6.07, 6.45) is -0.243. The van der Waals surface area contributed by atoms with Crippen molar-refractivity contribution >= 4 is 6.29 Å². The number of carbonyl (C=O) groups excluding carboxylic acids is 1. The summed E-state index contributed by atoms with van der Waals surface area (Å²) in [6, 6.07) is 0. The molecule has 0 aliphatic carbocycles. The zero-order chi connectivity index (χ0) is 5.91. The molecule has 3 N–H and O–H groups in total. The highest BCUT2D eigenvalue weighted by Gasteiger charge is 2.21. The number of hydrogen-bond donors (Lipinski definition) is 2. The fourth-order valence-electron chi connectivity index (χ4n) is 0.0481. The van der Waals surface area contributed by atoms with Crippen molar-refractivity contribution < 1.29 is 14.3 Å². The molecule has 0 aliphatic heterocycles. The quantitative estimate of drug-likeness (QED) is 0.436. The van der Waals surface area contributed by atoms with Gasteiger partial charge in [-0.15, -0.1) is 0 Å². The Hall–Kier alpha value is -0.480. The summed E-state index contributed by atoms with van der Waals surface area (Å²) >= 11 is 0. The van der Waals surface area contributed by atoms with Crippen LogP contribution in [0, 0.1) is 0 Å². The third kappa shape index (κ3) is 2.24. The molecular weight excluding hydrogens is 101 g/mol. The second kappa shape index (κ2) is 1.99. The molecule has 0 saturated carbocycles. The summed E-state index contributed by atoms with van der Waals surface area (Å²) in [5.74, 6) is -2.82.